The molecule has 7 nitrogen and oxygen atoms in total. The van der Waals surface area contributed by atoms with Gasteiger partial charge in [-0.15, -0.1) is 0 Å². The van der Waals surface area contributed by atoms with E-state index in [0.29, 0.717) is 54.1 Å². The fourth-order valence-electron chi connectivity index (χ4n) is 2.81. The van der Waals surface area contributed by atoms with Crippen LogP contribution in [0.2, 0.25) is 5.02 Å². The van der Waals surface area contributed by atoms with Crippen LogP contribution in [0.1, 0.15) is 22.3 Å². The lowest BCUT2D eigenvalue weighted by Crippen LogP contribution is -2.33. The van der Waals surface area contributed by atoms with Crippen LogP contribution >= 0.6 is 11.6 Å². The highest BCUT2D eigenvalue weighted by atomic mass is 35.5. The predicted octanol–water partition coefficient (Wildman–Crippen LogP) is 3.07. The summed E-state index contributed by atoms with van der Waals surface area (Å²) in [5.41, 5.74) is 1.22. The molecule has 1 aliphatic heterocycles. The topological polar surface area (TPSA) is 85.9 Å². The molecule has 0 unspecified atom stereocenters. The van der Waals surface area contributed by atoms with Crippen molar-refractivity contribution in [2.24, 2.45) is 0 Å². The molecule has 0 saturated heterocycles. The molecule has 2 aromatic carbocycles. The summed E-state index contributed by atoms with van der Waals surface area (Å²) in [5, 5.41) is 5.90. The van der Waals surface area contributed by atoms with Crippen molar-refractivity contribution in [2.45, 2.75) is 6.42 Å². The first-order valence-corrected chi connectivity index (χ1v) is 9.92. The second kappa shape index (κ2) is 10.5. The number of hydrogen-bond donors (Lipinski definition) is 2. The molecule has 8 heteroatoms. The molecule has 0 spiro atoms. The van der Waals surface area contributed by atoms with E-state index in [1.54, 1.807) is 49.6 Å². The maximum Gasteiger partial charge on any atom is 0.251 e. The Morgan fingerprint density at radius 3 is 2.77 bits per heavy atom. The molecule has 0 aromatic heterocycles. The van der Waals surface area contributed by atoms with Gasteiger partial charge in [-0.25, -0.2) is 0 Å². The van der Waals surface area contributed by atoms with E-state index >= 15 is 0 Å². The molecule has 1 aliphatic rings. The smallest absolute Gasteiger partial charge is 0.251 e. The van der Waals surface area contributed by atoms with Crippen molar-refractivity contribution in [3.05, 3.63) is 58.6 Å². The molecule has 158 valence electrons. The zero-order valence-corrected chi connectivity index (χ0v) is 17.3. The van der Waals surface area contributed by atoms with Crippen molar-refractivity contribution in [2.75, 3.05) is 33.4 Å². The number of rotatable bonds is 7. The minimum Gasteiger partial charge on any atom is -0.497 e. The molecular weight excluding hydrogens is 408 g/mol. The third kappa shape index (κ3) is 5.90. The van der Waals surface area contributed by atoms with Gasteiger partial charge in [-0.3, -0.25) is 9.59 Å². The van der Waals surface area contributed by atoms with Crippen LogP contribution in [-0.2, 0) is 4.79 Å². The Kier molecular flexibility index (Phi) is 7.57. The molecule has 0 radical (unpaired) electrons. The lowest BCUT2D eigenvalue weighted by atomic mass is 10.2. The predicted molar refractivity (Wildman–Crippen MR) is 114 cm³/mol. The minimum atomic E-state index is -0.283. The van der Waals surface area contributed by atoms with Gasteiger partial charge >= 0.3 is 0 Å². The molecule has 0 aliphatic carbocycles. The first kappa shape index (κ1) is 21.5. The fourth-order valence-corrected chi connectivity index (χ4v) is 3.08. The van der Waals surface area contributed by atoms with Gasteiger partial charge in [0.1, 0.15) is 5.75 Å². The Balaban J connectivity index is 1.46. The number of hydrogen-bond acceptors (Lipinski definition) is 5. The number of benzene rings is 2. The number of carbonyl (C=O) groups is 2. The summed E-state index contributed by atoms with van der Waals surface area (Å²) in [5.74, 6) is 1.19. The molecule has 2 aromatic rings. The van der Waals surface area contributed by atoms with Crippen LogP contribution in [0, 0.1) is 0 Å². The summed E-state index contributed by atoms with van der Waals surface area (Å²) < 4.78 is 16.3. The van der Waals surface area contributed by atoms with E-state index in [1.807, 2.05) is 0 Å². The average Bonchev–Trinajstić information content (AvgIpc) is 3.01. The Labute approximate surface area is 180 Å². The van der Waals surface area contributed by atoms with Crippen LogP contribution in [0.3, 0.4) is 0 Å². The van der Waals surface area contributed by atoms with Crippen molar-refractivity contribution in [3.63, 3.8) is 0 Å². The zero-order valence-electron chi connectivity index (χ0n) is 16.6. The molecular formula is C22H23ClN2O5. The molecule has 0 fully saturated rings. The lowest BCUT2D eigenvalue weighted by Gasteiger charge is -2.10. The number of ether oxygens (including phenoxy) is 3. The van der Waals surface area contributed by atoms with Crippen molar-refractivity contribution < 1.29 is 23.8 Å². The molecule has 0 atom stereocenters. The second-order valence-corrected chi connectivity index (χ2v) is 6.90. The summed E-state index contributed by atoms with van der Waals surface area (Å²) in [4.78, 5) is 24.1. The molecule has 30 heavy (non-hydrogen) atoms. The van der Waals surface area contributed by atoms with Crippen molar-refractivity contribution in [3.8, 4) is 17.2 Å². The quantitative estimate of drug-likeness (QED) is 0.521. The van der Waals surface area contributed by atoms with Crippen LogP contribution in [0.5, 0.6) is 17.2 Å². The number of methoxy groups -OCH3 is 1. The number of halogens is 1. The van der Waals surface area contributed by atoms with Crippen molar-refractivity contribution in [1.82, 2.24) is 10.6 Å². The Bertz CT molecular complexity index is 945. The highest BCUT2D eigenvalue weighted by Gasteiger charge is 2.15. The summed E-state index contributed by atoms with van der Waals surface area (Å²) in [6.45, 7) is 1.70. The van der Waals surface area contributed by atoms with Gasteiger partial charge in [0.15, 0.2) is 11.5 Å². The van der Waals surface area contributed by atoms with E-state index in [1.165, 1.54) is 6.08 Å². The first-order chi connectivity index (χ1) is 14.6. The van der Waals surface area contributed by atoms with E-state index in [9.17, 15) is 9.59 Å². The highest BCUT2D eigenvalue weighted by molar-refractivity contribution is 6.32. The van der Waals surface area contributed by atoms with Crippen molar-refractivity contribution >= 4 is 29.5 Å². The van der Waals surface area contributed by atoms with Gasteiger partial charge < -0.3 is 24.8 Å². The first-order valence-electron chi connectivity index (χ1n) is 9.54. The van der Waals surface area contributed by atoms with E-state index in [0.717, 1.165) is 12.0 Å². The maximum absolute atomic E-state index is 12.1. The van der Waals surface area contributed by atoms with Crippen molar-refractivity contribution in [1.29, 1.82) is 0 Å². The highest BCUT2D eigenvalue weighted by Crippen LogP contribution is 2.38. The van der Waals surface area contributed by atoms with Gasteiger partial charge in [0.25, 0.3) is 5.91 Å². The van der Waals surface area contributed by atoms with Gasteiger partial charge in [-0.1, -0.05) is 17.7 Å². The van der Waals surface area contributed by atoms with Gasteiger partial charge in [-0.2, -0.15) is 0 Å². The summed E-state index contributed by atoms with van der Waals surface area (Å²) in [6.07, 6.45) is 3.83. The Morgan fingerprint density at radius 1 is 1.13 bits per heavy atom. The largest absolute Gasteiger partial charge is 0.497 e. The van der Waals surface area contributed by atoms with E-state index in [2.05, 4.69) is 10.6 Å². The van der Waals surface area contributed by atoms with Gasteiger partial charge in [0, 0.05) is 31.1 Å². The minimum absolute atomic E-state index is 0.236. The molecule has 3 rings (SSSR count). The number of nitrogens with one attached hydrogen (secondary N) is 2. The number of amides is 2. The van der Waals surface area contributed by atoms with E-state index in [-0.39, 0.29) is 11.8 Å². The second-order valence-electron chi connectivity index (χ2n) is 6.49. The molecule has 2 N–H and O–H groups in total. The van der Waals surface area contributed by atoms with Gasteiger partial charge in [0.2, 0.25) is 5.91 Å². The Morgan fingerprint density at radius 2 is 1.93 bits per heavy atom. The standard InChI is InChI=1S/C22H23ClN2O5/c1-28-17-5-2-4-16(14-17)22(27)25-9-8-24-20(26)7-6-15-12-18(23)21-19(13-15)29-10-3-11-30-21/h2,4-7,12-14H,3,8-11H2,1H3,(H,24,26)(H,25,27). The van der Waals surface area contributed by atoms with Crippen LogP contribution in [0.15, 0.2) is 42.5 Å². The third-order valence-electron chi connectivity index (χ3n) is 4.29. The van der Waals surface area contributed by atoms with Crippen LogP contribution in [0.4, 0.5) is 0 Å². The zero-order chi connectivity index (χ0) is 21.3. The fraction of sp³-hybridized carbons (Fsp3) is 0.273. The van der Waals surface area contributed by atoms with Crippen LogP contribution in [-0.4, -0.2) is 45.2 Å². The number of carbonyl (C=O) groups excluding carboxylic acids is 2. The van der Waals surface area contributed by atoms with Crippen LogP contribution < -0.4 is 24.8 Å². The molecule has 2 amide bonds. The van der Waals surface area contributed by atoms with Gasteiger partial charge in [0.05, 0.1) is 25.3 Å². The normalized spacial score (nSPS) is 12.9. The molecule has 0 bridgehead atoms. The number of fused-ring (bicyclic) bond motifs is 1. The van der Waals surface area contributed by atoms with E-state index in [4.69, 9.17) is 25.8 Å². The Hall–Kier alpha value is -3.19. The molecule has 1 heterocycles. The average molecular weight is 431 g/mol. The summed E-state index contributed by atoms with van der Waals surface area (Å²) in [7, 11) is 1.54. The summed E-state index contributed by atoms with van der Waals surface area (Å²) in [6, 6.07) is 10.3. The van der Waals surface area contributed by atoms with Gasteiger partial charge in [-0.05, 0) is 42.0 Å². The van der Waals surface area contributed by atoms with E-state index < -0.39 is 0 Å². The lowest BCUT2D eigenvalue weighted by molar-refractivity contribution is -0.116. The monoisotopic (exact) mass is 430 g/mol. The van der Waals surface area contributed by atoms with Crippen LogP contribution in [0.25, 0.3) is 6.08 Å². The molecule has 0 saturated carbocycles. The maximum atomic E-state index is 12.1. The third-order valence-corrected chi connectivity index (χ3v) is 4.57. The summed E-state index contributed by atoms with van der Waals surface area (Å²) >= 11 is 6.25. The SMILES string of the molecule is COc1cccc(C(=O)NCCNC(=O)C=Cc2cc(Cl)c3c(c2)OCCCO3)c1.